The van der Waals surface area contributed by atoms with Crippen LogP contribution in [0.2, 0.25) is 0 Å². The molecule has 0 fully saturated rings. The molecule has 108 valence electrons. The molecular formula is C14H17NO5. The minimum atomic E-state index is -0.980. The van der Waals surface area contributed by atoms with Gasteiger partial charge in [0.25, 0.3) is 0 Å². The summed E-state index contributed by atoms with van der Waals surface area (Å²) in [6.45, 7) is 2.88. The predicted molar refractivity (Wildman–Crippen MR) is 70.9 cm³/mol. The zero-order valence-electron chi connectivity index (χ0n) is 11.2. The van der Waals surface area contributed by atoms with Gasteiger partial charge in [-0.3, -0.25) is 9.59 Å². The zero-order chi connectivity index (χ0) is 14.5. The summed E-state index contributed by atoms with van der Waals surface area (Å²) in [7, 11) is 0. The van der Waals surface area contributed by atoms with E-state index in [-0.39, 0.29) is 24.8 Å². The van der Waals surface area contributed by atoms with Crippen molar-refractivity contribution in [1.29, 1.82) is 0 Å². The molecule has 1 unspecified atom stereocenters. The van der Waals surface area contributed by atoms with Gasteiger partial charge in [0.05, 0.1) is 12.5 Å². The number of fused-ring (bicyclic) bond motifs is 1. The summed E-state index contributed by atoms with van der Waals surface area (Å²) >= 11 is 0. The van der Waals surface area contributed by atoms with Crippen molar-refractivity contribution in [2.45, 2.75) is 25.8 Å². The summed E-state index contributed by atoms with van der Waals surface area (Å²) in [6, 6.07) is 5.28. The van der Waals surface area contributed by atoms with Crippen molar-refractivity contribution < 1.29 is 24.2 Å². The highest BCUT2D eigenvalue weighted by atomic mass is 16.6. The lowest BCUT2D eigenvalue weighted by Crippen LogP contribution is -2.27. The first kappa shape index (κ1) is 14.2. The lowest BCUT2D eigenvalue weighted by Gasteiger charge is -2.21. The van der Waals surface area contributed by atoms with Crippen LogP contribution in [-0.2, 0) is 9.59 Å². The summed E-state index contributed by atoms with van der Waals surface area (Å²) in [5, 5.41) is 11.3. The van der Waals surface area contributed by atoms with E-state index in [0.29, 0.717) is 24.7 Å². The average Bonchev–Trinajstić information content (AvgIpc) is 2.44. The molecule has 0 saturated heterocycles. The molecule has 2 N–H and O–H groups in total. The number of carbonyl (C=O) groups is 2. The van der Waals surface area contributed by atoms with Crippen LogP contribution in [0.4, 0.5) is 0 Å². The van der Waals surface area contributed by atoms with Gasteiger partial charge in [-0.2, -0.15) is 0 Å². The third-order valence-corrected chi connectivity index (χ3v) is 3.01. The molecule has 1 atom stereocenters. The molecule has 0 radical (unpaired) electrons. The number of carboxylic acid groups (broad SMARTS) is 1. The Morgan fingerprint density at radius 3 is 2.65 bits per heavy atom. The van der Waals surface area contributed by atoms with E-state index in [1.807, 2.05) is 25.1 Å². The number of hydrogen-bond donors (Lipinski definition) is 2. The number of ether oxygens (including phenoxy) is 2. The summed E-state index contributed by atoms with van der Waals surface area (Å²) < 4.78 is 10.9. The van der Waals surface area contributed by atoms with E-state index in [1.165, 1.54) is 0 Å². The van der Waals surface area contributed by atoms with Crippen LogP contribution in [0.3, 0.4) is 0 Å². The molecule has 6 nitrogen and oxygen atoms in total. The second-order valence-corrected chi connectivity index (χ2v) is 4.59. The molecule has 1 heterocycles. The lowest BCUT2D eigenvalue weighted by molar-refractivity contribution is -0.138. The van der Waals surface area contributed by atoms with Crippen LogP contribution in [0.5, 0.6) is 11.5 Å². The fourth-order valence-corrected chi connectivity index (χ4v) is 1.95. The second kappa shape index (κ2) is 6.27. The molecule has 0 aliphatic carbocycles. The summed E-state index contributed by atoms with van der Waals surface area (Å²) in [5.41, 5.74) is 0.887. The number of carboxylic acids is 1. The maximum atomic E-state index is 11.6. The first-order chi connectivity index (χ1) is 9.56. The molecule has 1 aliphatic rings. The van der Waals surface area contributed by atoms with E-state index in [4.69, 9.17) is 14.6 Å². The Labute approximate surface area is 116 Å². The van der Waals surface area contributed by atoms with E-state index < -0.39 is 5.97 Å². The monoisotopic (exact) mass is 279 g/mol. The van der Waals surface area contributed by atoms with Gasteiger partial charge in [0.15, 0.2) is 11.5 Å². The Morgan fingerprint density at radius 2 is 1.95 bits per heavy atom. The van der Waals surface area contributed by atoms with Crippen molar-refractivity contribution in [1.82, 2.24) is 5.32 Å². The van der Waals surface area contributed by atoms with Crippen LogP contribution in [0.25, 0.3) is 0 Å². The summed E-state index contributed by atoms with van der Waals surface area (Å²) in [5.74, 6) is 0.103. The minimum Gasteiger partial charge on any atom is -0.486 e. The normalized spacial score (nSPS) is 14.4. The number of rotatable bonds is 5. The Kier molecular flexibility index (Phi) is 4.45. The van der Waals surface area contributed by atoms with Gasteiger partial charge < -0.3 is 19.9 Å². The molecule has 0 bridgehead atoms. The molecule has 20 heavy (non-hydrogen) atoms. The number of aliphatic carboxylic acids is 1. The maximum absolute atomic E-state index is 11.6. The van der Waals surface area contributed by atoms with E-state index >= 15 is 0 Å². The molecule has 0 spiro atoms. The molecule has 0 saturated carbocycles. The molecule has 2 rings (SSSR count). The Morgan fingerprint density at radius 1 is 1.25 bits per heavy atom. The highest BCUT2D eigenvalue weighted by Crippen LogP contribution is 2.32. The molecular weight excluding hydrogens is 262 g/mol. The van der Waals surface area contributed by atoms with Crippen molar-refractivity contribution >= 4 is 11.9 Å². The number of carbonyl (C=O) groups excluding carboxylic acids is 1. The zero-order valence-corrected chi connectivity index (χ0v) is 11.2. The minimum absolute atomic E-state index is 0.0236. The molecule has 1 aliphatic heterocycles. The fourth-order valence-electron chi connectivity index (χ4n) is 1.95. The molecule has 1 aromatic rings. The SMILES string of the molecule is CC(NC(=O)CCC(=O)O)c1ccc2c(c1)OCCO2. The van der Waals surface area contributed by atoms with Crippen molar-refractivity contribution in [3.63, 3.8) is 0 Å². The second-order valence-electron chi connectivity index (χ2n) is 4.59. The number of amides is 1. The van der Waals surface area contributed by atoms with Crippen molar-refractivity contribution in [2.75, 3.05) is 13.2 Å². The number of nitrogens with one attached hydrogen (secondary N) is 1. The lowest BCUT2D eigenvalue weighted by atomic mass is 10.1. The van der Waals surface area contributed by atoms with Crippen molar-refractivity contribution in [2.24, 2.45) is 0 Å². The van der Waals surface area contributed by atoms with Crippen LogP contribution >= 0.6 is 0 Å². The Bertz CT molecular complexity index is 514. The first-order valence-electron chi connectivity index (χ1n) is 6.47. The van der Waals surface area contributed by atoms with E-state index in [2.05, 4.69) is 5.32 Å². The van der Waals surface area contributed by atoms with Crippen LogP contribution < -0.4 is 14.8 Å². The first-order valence-corrected chi connectivity index (χ1v) is 6.47. The maximum Gasteiger partial charge on any atom is 0.303 e. The fraction of sp³-hybridized carbons (Fsp3) is 0.429. The summed E-state index contributed by atoms with van der Waals surface area (Å²) in [6.07, 6.45) is -0.191. The van der Waals surface area contributed by atoms with Crippen molar-refractivity contribution in [3.05, 3.63) is 23.8 Å². The van der Waals surface area contributed by atoms with Crippen LogP contribution in [0, 0.1) is 0 Å². The number of benzene rings is 1. The van der Waals surface area contributed by atoms with Gasteiger partial charge in [-0.05, 0) is 24.6 Å². The molecule has 1 amide bonds. The Balaban J connectivity index is 1.96. The Hall–Kier alpha value is -2.24. The predicted octanol–water partition coefficient (Wildman–Crippen LogP) is 1.50. The quantitative estimate of drug-likeness (QED) is 0.853. The van der Waals surface area contributed by atoms with E-state index in [9.17, 15) is 9.59 Å². The largest absolute Gasteiger partial charge is 0.486 e. The molecule has 6 heteroatoms. The van der Waals surface area contributed by atoms with Gasteiger partial charge in [-0.15, -0.1) is 0 Å². The van der Waals surface area contributed by atoms with Gasteiger partial charge >= 0.3 is 5.97 Å². The summed E-state index contributed by atoms with van der Waals surface area (Å²) in [4.78, 5) is 22.0. The van der Waals surface area contributed by atoms with E-state index in [0.717, 1.165) is 5.56 Å². The number of hydrogen-bond acceptors (Lipinski definition) is 4. The van der Waals surface area contributed by atoms with Gasteiger partial charge in [0, 0.05) is 6.42 Å². The van der Waals surface area contributed by atoms with Crippen LogP contribution in [0.1, 0.15) is 31.4 Å². The van der Waals surface area contributed by atoms with Gasteiger partial charge in [0.2, 0.25) is 5.91 Å². The topological polar surface area (TPSA) is 84.9 Å². The average molecular weight is 279 g/mol. The smallest absolute Gasteiger partial charge is 0.303 e. The van der Waals surface area contributed by atoms with Gasteiger partial charge in [-0.1, -0.05) is 6.07 Å². The standard InChI is InChI=1S/C14H17NO5/c1-9(15-13(16)4-5-14(17)18)10-2-3-11-12(8-10)20-7-6-19-11/h2-3,8-9H,4-7H2,1H3,(H,15,16)(H,17,18). The highest BCUT2D eigenvalue weighted by Gasteiger charge is 2.16. The molecule has 0 aromatic heterocycles. The highest BCUT2D eigenvalue weighted by molar-refractivity contribution is 5.80. The van der Waals surface area contributed by atoms with Crippen LogP contribution in [0.15, 0.2) is 18.2 Å². The van der Waals surface area contributed by atoms with Gasteiger partial charge in [0.1, 0.15) is 13.2 Å². The van der Waals surface area contributed by atoms with Gasteiger partial charge in [-0.25, -0.2) is 0 Å². The van der Waals surface area contributed by atoms with E-state index in [1.54, 1.807) is 0 Å². The third kappa shape index (κ3) is 3.63. The molecule has 1 aromatic carbocycles. The van der Waals surface area contributed by atoms with Crippen molar-refractivity contribution in [3.8, 4) is 11.5 Å². The van der Waals surface area contributed by atoms with Crippen LogP contribution in [-0.4, -0.2) is 30.2 Å². The third-order valence-electron chi connectivity index (χ3n) is 3.01.